The van der Waals surface area contributed by atoms with E-state index >= 15 is 0 Å². The van der Waals surface area contributed by atoms with E-state index in [1.165, 1.54) is 22.7 Å². The maximum Gasteiger partial charge on any atom is 0.259 e. The Balaban J connectivity index is 1.60. The van der Waals surface area contributed by atoms with Crippen LogP contribution in [0.3, 0.4) is 0 Å². The minimum absolute atomic E-state index is 0.0368. The zero-order chi connectivity index (χ0) is 23.6. The van der Waals surface area contributed by atoms with Gasteiger partial charge in [-0.2, -0.15) is 0 Å². The summed E-state index contributed by atoms with van der Waals surface area (Å²) in [4.78, 5) is 26.2. The average molecular weight is 470 g/mol. The molecule has 2 N–H and O–H groups in total. The number of amides is 1. The fourth-order valence-corrected chi connectivity index (χ4v) is 4.68. The second-order valence-electron chi connectivity index (χ2n) is 9.00. The molecule has 0 saturated carbocycles. The molecule has 1 aromatic heterocycles. The third kappa shape index (κ3) is 7.37. The highest BCUT2D eigenvalue weighted by atomic mass is 32.2. The predicted octanol–water partition coefficient (Wildman–Crippen LogP) is 4.64. The number of hydrogen-bond acceptors (Lipinski definition) is 4. The molecular weight excluding hydrogens is 430 g/mol. The highest BCUT2D eigenvalue weighted by molar-refractivity contribution is 8.03. The number of benzene rings is 1. The summed E-state index contributed by atoms with van der Waals surface area (Å²) in [5, 5.41) is 4.51. The first-order chi connectivity index (χ1) is 16.0. The van der Waals surface area contributed by atoms with Gasteiger partial charge in [-0.1, -0.05) is 38.0 Å². The minimum atomic E-state index is -0.0368. The molecule has 33 heavy (non-hydrogen) atoms. The SMILES string of the molecule is CCCCC(Cc1c[nH]c2ccccc12)NC(=O)/C(=C/N=CN1CCN(C(C)C)CC1)SC. The number of carbonyl (C=O) groups is 1. The van der Waals surface area contributed by atoms with Crippen molar-refractivity contribution < 1.29 is 4.79 Å². The lowest BCUT2D eigenvalue weighted by molar-refractivity contribution is -0.117. The van der Waals surface area contributed by atoms with Crippen LogP contribution in [0.2, 0.25) is 0 Å². The number of para-hydroxylation sites is 1. The van der Waals surface area contributed by atoms with Crippen LogP contribution in [0.25, 0.3) is 10.9 Å². The number of nitrogens with zero attached hydrogens (tertiary/aromatic N) is 3. The molecule has 1 atom stereocenters. The molecular formula is C26H39N5OS. The van der Waals surface area contributed by atoms with Gasteiger partial charge in [0, 0.05) is 61.6 Å². The topological polar surface area (TPSA) is 63.7 Å². The van der Waals surface area contributed by atoms with E-state index in [9.17, 15) is 4.79 Å². The van der Waals surface area contributed by atoms with Crippen molar-refractivity contribution in [2.24, 2.45) is 4.99 Å². The van der Waals surface area contributed by atoms with Crippen LogP contribution in [0.5, 0.6) is 0 Å². The number of carbonyl (C=O) groups excluding carboxylic acids is 1. The third-order valence-corrected chi connectivity index (χ3v) is 7.06. The van der Waals surface area contributed by atoms with Crippen LogP contribution in [0.1, 0.15) is 45.6 Å². The Morgan fingerprint density at radius 1 is 1.24 bits per heavy atom. The van der Waals surface area contributed by atoms with E-state index < -0.39 is 0 Å². The Kier molecular flexibility index (Phi) is 9.88. The van der Waals surface area contributed by atoms with Crippen molar-refractivity contribution in [2.75, 3.05) is 32.4 Å². The number of rotatable bonds is 11. The summed E-state index contributed by atoms with van der Waals surface area (Å²) < 4.78 is 0. The van der Waals surface area contributed by atoms with Gasteiger partial charge in [-0.15, -0.1) is 11.8 Å². The Bertz CT molecular complexity index is 943. The second kappa shape index (κ2) is 12.8. The highest BCUT2D eigenvalue weighted by Crippen LogP contribution is 2.21. The number of nitrogens with one attached hydrogen (secondary N) is 2. The van der Waals surface area contributed by atoms with Gasteiger partial charge in [0.2, 0.25) is 0 Å². The Morgan fingerprint density at radius 3 is 2.70 bits per heavy atom. The van der Waals surface area contributed by atoms with Crippen molar-refractivity contribution >= 4 is 34.9 Å². The van der Waals surface area contributed by atoms with E-state index in [-0.39, 0.29) is 11.9 Å². The summed E-state index contributed by atoms with van der Waals surface area (Å²) in [6.07, 6.45) is 11.6. The monoisotopic (exact) mass is 469 g/mol. The maximum atomic E-state index is 13.0. The number of aromatic amines is 1. The molecule has 1 saturated heterocycles. The van der Waals surface area contributed by atoms with Crippen LogP contribution in [0.4, 0.5) is 0 Å². The molecule has 1 fully saturated rings. The molecule has 0 spiro atoms. The molecule has 0 aliphatic carbocycles. The van der Waals surface area contributed by atoms with Gasteiger partial charge in [0.25, 0.3) is 5.91 Å². The lowest BCUT2D eigenvalue weighted by Gasteiger charge is -2.35. The van der Waals surface area contributed by atoms with E-state index in [4.69, 9.17) is 0 Å². The molecule has 3 rings (SSSR count). The van der Waals surface area contributed by atoms with Crippen LogP contribution in [0, 0.1) is 0 Å². The van der Waals surface area contributed by atoms with Gasteiger partial charge < -0.3 is 15.2 Å². The number of unbranched alkanes of at least 4 members (excludes halogenated alkanes) is 1. The average Bonchev–Trinajstić information content (AvgIpc) is 3.23. The van der Waals surface area contributed by atoms with E-state index in [1.807, 2.05) is 18.7 Å². The number of thioether (sulfide) groups is 1. The van der Waals surface area contributed by atoms with Gasteiger partial charge in [0.15, 0.2) is 0 Å². The first-order valence-corrected chi connectivity index (χ1v) is 13.4. The first kappa shape index (κ1) is 25.4. The van der Waals surface area contributed by atoms with Crippen LogP contribution in [-0.2, 0) is 11.2 Å². The fourth-order valence-electron chi connectivity index (χ4n) is 4.27. The molecule has 1 unspecified atom stereocenters. The molecule has 1 aliphatic rings. The van der Waals surface area contributed by atoms with Crippen molar-refractivity contribution in [2.45, 2.75) is 58.5 Å². The minimum Gasteiger partial charge on any atom is -0.361 e. The zero-order valence-corrected chi connectivity index (χ0v) is 21.3. The summed E-state index contributed by atoms with van der Waals surface area (Å²) >= 11 is 1.45. The molecule has 0 bridgehead atoms. The van der Waals surface area contributed by atoms with Crippen LogP contribution < -0.4 is 5.32 Å². The number of hydrogen-bond donors (Lipinski definition) is 2. The molecule has 0 radical (unpaired) electrons. The van der Waals surface area contributed by atoms with Crippen LogP contribution in [-0.4, -0.2) is 71.5 Å². The maximum absolute atomic E-state index is 13.0. The third-order valence-electron chi connectivity index (χ3n) is 6.33. The summed E-state index contributed by atoms with van der Waals surface area (Å²) in [6, 6.07) is 9.02. The number of fused-ring (bicyclic) bond motifs is 1. The van der Waals surface area contributed by atoms with Gasteiger partial charge in [-0.05, 0) is 44.6 Å². The van der Waals surface area contributed by atoms with Crippen LogP contribution in [0.15, 0.2) is 46.6 Å². The highest BCUT2D eigenvalue weighted by Gasteiger charge is 2.18. The molecule has 1 aliphatic heterocycles. The number of piperazine rings is 1. The van der Waals surface area contributed by atoms with E-state index in [0.29, 0.717) is 10.9 Å². The van der Waals surface area contributed by atoms with E-state index in [2.05, 4.69) is 70.3 Å². The lowest BCUT2D eigenvalue weighted by atomic mass is 10.0. The van der Waals surface area contributed by atoms with Crippen molar-refractivity contribution in [3.05, 3.63) is 47.1 Å². The zero-order valence-electron chi connectivity index (χ0n) is 20.5. The predicted molar refractivity (Wildman–Crippen MR) is 142 cm³/mol. The van der Waals surface area contributed by atoms with Crippen molar-refractivity contribution in [1.29, 1.82) is 0 Å². The van der Waals surface area contributed by atoms with E-state index in [0.717, 1.165) is 57.4 Å². The van der Waals surface area contributed by atoms with E-state index in [1.54, 1.807) is 6.20 Å². The van der Waals surface area contributed by atoms with Gasteiger partial charge in [-0.25, -0.2) is 4.99 Å². The smallest absolute Gasteiger partial charge is 0.259 e. The van der Waals surface area contributed by atoms with Gasteiger partial charge in [0.05, 0.1) is 11.2 Å². The standard InChI is InChI=1S/C26H39N5OS/c1-5-6-9-22(16-21-17-28-24-11-8-7-10-23(21)24)29-26(32)25(33-4)18-27-19-30-12-14-31(15-13-30)20(2)3/h7-8,10-11,17-20,22,28H,5-6,9,12-16H2,1-4H3,(H,29,32)/b25-18-,27-19?. The summed E-state index contributed by atoms with van der Waals surface area (Å²) in [5.41, 5.74) is 2.39. The number of aromatic nitrogens is 1. The second-order valence-corrected chi connectivity index (χ2v) is 9.85. The molecule has 180 valence electrons. The first-order valence-electron chi connectivity index (χ1n) is 12.1. The van der Waals surface area contributed by atoms with Crippen LogP contribution >= 0.6 is 11.8 Å². The lowest BCUT2D eigenvalue weighted by Crippen LogP contribution is -2.48. The fraction of sp³-hybridized carbons (Fsp3) is 0.538. The van der Waals surface area contributed by atoms with Crippen molar-refractivity contribution in [1.82, 2.24) is 20.1 Å². The Morgan fingerprint density at radius 2 is 2.00 bits per heavy atom. The van der Waals surface area contributed by atoms with Crippen molar-refractivity contribution in [3.8, 4) is 0 Å². The molecule has 1 aromatic carbocycles. The quantitative estimate of drug-likeness (QED) is 0.286. The molecule has 2 heterocycles. The van der Waals surface area contributed by atoms with Gasteiger partial charge >= 0.3 is 0 Å². The molecule has 2 aromatic rings. The Labute approximate surface area is 202 Å². The Hall–Kier alpha value is -2.25. The molecule has 1 amide bonds. The summed E-state index contributed by atoms with van der Waals surface area (Å²) in [5.74, 6) is -0.0368. The summed E-state index contributed by atoms with van der Waals surface area (Å²) in [7, 11) is 0. The number of aliphatic imine (C=N–C) groups is 1. The largest absolute Gasteiger partial charge is 0.361 e. The van der Waals surface area contributed by atoms with Gasteiger partial charge in [0.1, 0.15) is 0 Å². The molecule has 7 heteroatoms. The normalized spacial score (nSPS) is 16.8. The molecule has 6 nitrogen and oxygen atoms in total. The van der Waals surface area contributed by atoms with Gasteiger partial charge in [-0.3, -0.25) is 9.69 Å². The summed E-state index contributed by atoms with van der Waals surface area (Å²) in [6.45, 7) is 10.7. The van der Waals surface area contributed by atoms with Crippen molar-refractivity contribution in [3.63, 3.8) is 0 Å². The number of H-pyrrole nitrogens is 1.